The van der Waals surface area contributed by atoms with Crippen molar-refractivity contribution in [2.75, 3.05) is 25.5 Å². The molecule has 0 bridgehead atoms. The molecule has 1 aromatic heterocycles. The van der Waals surface area contributed by atoms with E-state index in [1.54, 1.807) is 13.1 Å². The van der Waals surface area contributed by atoms with Crippen molar-refractivity contribution in [3.8, 4) is 6.07 Å². The molecule has 1 N–H and O–H groups in total. The second-order valence-electron chi connectivity index (χ2n) is 3.72. The van der Waals surface area contributed by atoms with Gasteiger partial charge in [0.2, 0.25) is 0 Å². The molecule has 0 aromatic carbocycles. The number of carbonyl (C=O) groups is 1. The Bertz CT molecular complexity index is 470. The van der Waals surface area contributed by atoms with Crippen molar-refractivity contribution in [2.45, 2.75) is 13.3 Å². The molecule has 1 aromatic rings. The highest BCUT2D eigenvalue weighted by molar-refractivity contribution is 6.33. The number of anilines is 1. The zero-order valence-electron chi connectivity index (χ0n) is 10.4. The molecule has 1 rings (SSSR count). The number of halogens is 1. The Morgan fingerprint density at radius 3 is 2.94 bits per heavy atom. The van der Waals surface area contributed by atoms with E-state index in [0.717, 1.165) is 0 Å². The topological polar surface area (TPSA) is 69.0 Å². The molecule has 0 radical (unpaired) electrons. The number of carbonyl (C=O) groups excluding carboxylic acids is 1. The highest BCUT2D eigenvalue weighted by atomic mass is 35.5. The Labute approximate surface area is 111 Å². The minimum absolute atomic E-state index is 0.192. The summed E-state index contributed by atoms with van der Waals surface area (Å²) >= 11 is 6.01. The summed E-state index contributed by atoms with van der Waals surface area (Å²) in [5.41, 5.74) is 0.419. The maximum absolute atomic E-state index is 12.0. The van der Waals surface area contributed by atoms with Gasteiger partial charge in [-0.25, -0.2) is 4.98 Å². The lowest BCUT2D eigenvalue weighted by atomic mass is 10.2. The second-order valence-corrected chi connectivity index (χ2v) is 4.13. The van der Waals surface area contributed by atoms with Crippen molar-refractivity contribution in [3.05, 3.63) is 22.8 Å². The molecule has 0 saturated heterocycles. The van der Waals surface area contributed by atoms with Gasteiger partial charge in [0.15, 0.2) is 0 Å². The lowest BCUT2D eigenvalue weighted by Crippen LogP contribution is -2.27. The average molecular weight is 267 g/mol. The van der Waals surface area contributed by atoms with Crippen molar-refractivity contribution in [1.82, 2.24) is 9.88 Å². The van der Waals surface area contributed by atoms with Crippen molar-refractivity contribution in [2.24, 2.45) is 0 Å². The van der Waals surface area contributed by atoms with Gasteiger partial charge < -0.3 is 10.2 Å². The summed E-state index contributed by atoms with van der Waals surface area (Å²) in [6, 6.07) is 3.58. The Hall–Kier alpha value is -1.80. The fourth-order valence-corrected chi connectivity index (χ4v) is 1.63. The molecule has 5 nitrogen and oxygen atoms in total. The van der Waals surface area contributed by atoms with Gasteiger partial charge in [-0.3, -0.25) is 4.79 Å². The normalized spacial score (nSPS) is 9.67. The third-order valence-corrected chi connectivity index (χ3v) is 2.63. The SMILES string of the molecule is CCNc1ncc(C(=O)N(C)CCC#N)cc1Cl. The third kappa shape index (κ3) is 3.60. The number of hydrogen-bond acceptors (Lipinski definition) is 4. The highest BCUT2D eigenvalue weighted by Gasteiger charge is 2.13. The zero-order valence-corrected chi connectivity index (χ0v) is 11.2. The molecule has 0 aliphatic carbocycles. The number of pyridine rings is 1. The molecule has 0 saturated carbocycles. The highest BCUT2D eigenvalue weighted by Crippen LogP contribution is 2.20. The van der Waals surface area contributed by atoms with Crippen molar-refractivity contribution < 1.29 is 4.79 Å². The third-order valence-electron chi connectivity index (χ3n) is 2.34. The molecule has 0 aliphatic rings. The summed E-state index contributed by atoms with van der Waals surface area (Å²) in [6.07, 6.45) is 1.79. The zero-order chi connectivity index (χ0) is 13.5. The van der Waals surface area contributed by atoms with Crippen LogP contribution in [0.15, 0.2) is 12.3 Å². The predicted molar refractivity (Wildman–Crippen MR) is 70.6 cm³/mol. The monoisotopic (exact) mass is 266 g/mol. The van der Waals surface area contributed by atoms with Crippen LogP contribution in [0, 0.1) is 11.3 Å². The Morgan fingerprint density at radius 2 is 2.39 bits per heavy atom. The number of nitrogens with zero attached hydrogens (tertiary/aromatic N) is 3. The van der Waals surface area contributed by atoms with E-state index in [2.05, 4.69) is 10.3 Å². The fourth-order valence-electron chi connectivity index (χ4n) is 1.39. The van der Waals surface area contributed by atoms with Gasteiger partial charge in [0.05, 0.1) is 23.1 Å². The molecule has 0 unspecified atom stereocenters. The first-order chi connectivity index (χ1) is 8.60. The summed E-state index contributed by atoms with van der Waals surface area (Å²) in [5.74, 6) is 0.373. The van der Waals surface area contributed by atoms with Crippen LogP contribution >= 0.6 is 11.6 Å². The minimum Gasteiger partial charge on any atom is -0.369 e. The van der Waals surface area contributed by atoms with Crippen LogP contribution in [0.3, 0.4) is 0 Å². The van der Waals surface area contributed by atoms with Crippen molar-refractivity contribution >= 4 is 23.3 Å². The molecule has 0 spiro atoms. The summed E-state index contributed by atoms with van der Waals surface area (Å²) in [7, 11) is 1.64. The number of hydrogen-bond donors (Lipinski definition) is 1. The molecular formula is C12H15ClN4O. The first-order valence-electron chi connectivity index (χ1n) is 5.62. The maximum Gasteiger partial charge on any atom is 0.255 e. The van der Waals surface area contributed by atoms with Gasteiger partial charge in [-0.1, -0.05) is 11.6 Å². The molecule has 0 atom stereocenters. The molecule has 96 valence electrons. The number of nitriles is 1. The summed E-state index contributed by atoms with van der Waals surface area (Å²) in [4.78, 5) is 17.5. The molecule has 1 heterocycles. The van der Waals surface area contributed by atoms with E-state index in [-0.39, 0.29) is 5.91 Å². The molecule has 0 aliphatic heterocycles. The largest absolute Gasteiger partial charge is 0.369 e. The van der Waals surface area contributed by atoms with Crippen LogP contribution in [0.1, 0.15) is 23.7 Å². The van der Waals surface area contributed by atoms with Crippen LogP contribution in [0.4, 0.5) is 5.82 Å². The molecule has 0 fully saturated rings. The van der Waals surface area contributed by atoms with Gasteiger partial charge in [-0.2, -0.15) is 5.26 Å². The van der Waals surface area contributed by atoms with E-state index < -0.39 is 0 Å². The Morgan fingerprint density at radius 1 is 1.67 bits per heavy atom. The van der Waals surface area contributed by atoms with Crippen molar-refractivity contribution in [1.29, 1.82) is 5.26 Å². The lowest BCUT2D eigenvalue weighted by molar-refractivity contribution is 0.0797. The summed E-state index contributed by atoms with van der Waals surface area (Å²) in [5, 5.41) is 11.9. The van der Waals surface area contributed by atoms with Crippen LogP contribution in [-0.4, -0.2) is 35.9 Å². The first-order valence-corrected chi connectivity index (χ1v) is 5.99. The number of amides is 1. The van der Waals surface area contributed by atoms with Gasteiger partial charge in [0, 0.05) is 26.3 Å². The smallest absolute Gasteiger partial charge is 0.255 e. The van der Waals surface area contributed by atoms with Crippen LogP contribution in [-0.2, 0) is 0 Å². The van der Waals surface area contributed by atoms with E-state index in [1.165, 1.54) is 11.1 Å². The quantitative estimate of drug-likeness (QED) is 0.887. The van der Waals surface area contributed by atoms with Gasteiger partial charge in [0.25, 0.3) is 5.91 Å². The lowest BCUT2D eigenvalue weighted by Gasteiger charge is -2.15. The summed E-state index contributed by atoms with van der Waals surface area (Å²) in [6.45, 7) is 3.04. The number of aromatic nitrogens is 1. The summed E-state index contributed by atoms with van der Waals surface area (Å²) < 4.78 is 0. The second kappa shape index (κ2) is 6.82. The van der Waals surface area contributed by atoms with Crippen LogP contribution in [0.25, 0.3) is 0 Å². The van der Waals surface area contributed by atoms with Crippen molar-refractivity contribution in [3.63, 3.8) is 0 Å². The number of nitrogens with one attached hydrogen (secondary N) is 1. The molecular weight excluding hydrogens is 252 g/mol. The number of rotatable bonds is 5. The standard InChI is InChI=1S/C12H15ClN4O/c1-3-15-11-10(13)7-9(8-16-11)12(18)17(2)6-4-5-14/h7-8H,3-4,6H2,1-2H3,(H,15,16). The molecule has 18 heavy (non-hydrogen) atoms. The van der Waals surface area contributed by atoms with Gasteiger partial charge in [-0.15, -0.1) is 0 Å². The molecule has 1 amide bonds. The van der Waals surface area contributed by atoms with E-state index >= 15 is 0 Å². The Balaban J connectivity index is 2.81. The fraction of sp³-hybridized carbons (Fsp3) is 0.417. The van der Waals surface area contributed by atoms with E-state index in [9.17, 15) is 4.79 Å². The minimum atomic E-state index is -0.192. The van der Waals surface area contributed by atoms with E-state index in [1.807, 2.05) is 13.0 Å². The molecule has 6 heteroatoms. The first kappa shape index (κ1) is 14.3. The average Bonchev–Trinajstić information content (AvgIpc) is 2.37. The van der Waals surface area contributed by atoms with Gasteiger partial charge >= 0.3 is 0 Å². The predicted octanol–water partition coefficient (Wildman–Crippen LogP) is 2.15. The van der Waals surface area contributed by atoms with Gasteiger partial charge in [0.1, 0.15) is 5.82 Å². The van der Waals surface area contributed by atoms with E-state index in [4.69, 9.17) is 16.9 Å². The van der Waals surface area contributed by atoms with Crippen LogP contribution in [0.5, 0.6) is 0 Å². The van der Waals surface area contributed by atoms with Crippen LogP contribution in [0.2, 0.25) is 5.02 Å². The van der Waals surface area contributed by atoms with E-state index in [0.29, 0.717) is 35.9 Å². The van der Waals surface area contributed by atoms with Gasteiger partial charge in [-0.05, 0) is 13.0 Å². The Kier molecular flexibility index (Phi) is 5.40. The van der Waals surface area contributed by atoms with Crippen LogP contribution < -0.4 is 5.32 Å². The maximum atomic E-state index is 12.0.